The van der Waals surface area contributed by atoms with Crippen LogP contribution in [0.5, 0.6) is 5.75 Å². The molecule has 1 aliphatic heterocycles. The zero-order chi connectivity index (χ0) is 28.9. The predicted octanol–water partition coefficient (Wildman–Crippen LogP) is 4.58. The van der Waals surface area contributed by atoms with Gasteiger partial charge in [0.05, 0.1) is 31.2 Å². The van der Waals surface area contributed by atoms with Crippen LogP contribution < -0.4 is 10.1 Å². The van der Waals surface area contributed by atoms with Crippen LogP contribution in [0.1, 0.15) is 75.9 Å². The van der Waals surface area contributed by atoms with Gasteiger partial charge in [-0.25, -0.2) is 4.79 Å². The number of carbonyl (C=O) groups is 2. The highest BCUT2D eigenvalue weighted by atomic mass is 16.7. The van der Waals surface area contributed by atoms with Crippen molar-refractivity contribution in [1.29, 1.82) is 0 Å². The van der Waals surface area contributed by atoms with Gasteiger partial charge in [0.25, 0.3) is 0 Å². The number of benzene rings is 1. The molecule has 40 heavy (non-hydrogen) atoms. The summed E-state index contributed by atoms with van der Waals surface area (Å²) >= 11 is 0. The number of pyridine rings is 1. The summed E-state index contributed by atoms with van der Waals surface area (Å²) in [5, 5.41) is 3.19. The van der Waals surface area contributed by atoms with Gasteiger partial charge in [-0.3, -0.25) is 9.78 Å². The molecule has 1 N–H and O–H groups in total. The van der Waals surface area contributed by atoms with Crippen molar-refractivity contribution < 1.29 is 28.4 Å². The van der Waals surface area contributed by atoms with Crippen LogP contribution in [0.2, 0.25) is 0 Å². The SMILES string of the molecule is COc1c(CC(NC(=O)Cc2ccncc2)B2OC3CC4CC(C4(C)C)C3(C)O2)cccc1C(=O)OC(C)(C)C. The Morgan fingerprint density at radius 2 is 1.88 bits per heavy atom. The van der Waals surface area contributed by atoms with Gasteiger partial charge in [-0.1, -0.05) is 26.0 Å². The number of amides is 1. The standard InChI is InChI=1S/C31H41BN2O6/c1-29(2,3)38-28(36)22-10-8-9-20(27(22)37-7)16-25(34-26(35)15-19-11-13-33-14-12-19)32-39-24-18-21-17-23(30(21,4)5)31(24,6)40-32/h8-14,21,23-25H,15-18H2,1-7H3,(H,34,35). The molecule has 6 rings (SSSR count). The Balaban J connectivity index is 1.42. The monoisotopic (exact) mass is 548 g/mol. The van der Waals surface area contributed by atoms with Crippen LogP contribution in [0.4, 0.5) is 0 Å². The fourth-order valence-corrected chi connectivity index (χ4v) is 6.95. The Morgan fingerprint density at radius 3 is 2.52 bits per heavy atom. The van der Waals surface area contributed by atoms with Gasteiger partial charge in [-0.2, -0.15) is 0 Å². The number of hydrogen-bond acceptors (Lipinski definition) is 7. The third-order valence-corrected chi connectivity index (χ3v) is 9.12. The summed E-state index contributed by atoms with van der Waals surface area (Å²) in [5.41, 5.74) is 1.11. The lowest BCUT2D eigenvalue weighted by molar-refractivity contribution is -0.199. The predicted molar refractivity (Wildman–Crippen MR) is 152 cm³/mol. The zero-order valence-corrected chi connectivity index (χ0v) is 24.7. The quantitative estimate of drug-likeness (QED) is 0.381. The van der Waals surface area contributed by atoms with E-state index < -0.39 is 30.2 Å². The second-order valence-corrected chi connectivity index (χ2v) is 13.2. The summed E-state index contributed by atoms with van der Waals surface area (Å²) in [7, 11) is 0.901. The number of ether oxygens (including phenoxy) is 2. The summed E-state index contributed by atoms with van der Waals surface area (Å²) in [4.78, 5) is 30.3. The number of hydrogen-bond donors (Lipinski definition) is 1. The molecular weight excluding hydrogens is 507 g/mol. The molecule has 0 spiro atoms. The Morgan fingerprint density at radius 1 is 1.15 bits per heavy atom. The van der Waals surface area contributed by atoms with Crippen LogP contribution in [0.25, 0.3) is 0 Å². The molecule has 2 heterocycles. The topological polar surface area (TPSA) is 96.0 Å². The van der Waals surface area contributed by atoms with Gasteiger partial charge in [0.1, 0.15) is 16.9 Å². The Labute approximate surface area is 237 Å². The lowest BCUT2D eigenvalue weighted by atomic mass is 9.43. The molecule has 3 saturated carbocycles. The van der Waals surface area contributed by atoms with E-state index in [1.807, 2.05) is 45.0 Å². The second kappa shape index (κ2) is 10.5. The van der Waals surface area contributed by atoms with E-state index in [-0.39, 0.29) is 23.8 Å². The lowest BCUT2D eigenvalue weighted by Gasteiger charge is -2.64. The molecule has 8 nitrogen and oxygen atoms in total. The Hall–Kier alpha value is -2.91. The van der Waals surface area contributed by atoms with Crippen molar-refractivity contribution in [2.24, 2.45) is 17.3 Å². The Kier molecular flexibility index (Phi) is 7.51. The third kappa shape index (κ3) is 5.38. The summed E-state index contributed by atoms with van der Waals surface area (Å²) in [6, 6.07) is 9.06. The fraction of sp³-hybridized carbons (Fsp3) is 0.581. The van der Waals surface area contributed by atoms with Crippen molar-refractivity contribution in [1.82, 2.24) is 10.3 Å². The van der Waals surface area contributed by atoms with E-state index in [0.29, 0.717) is 29.6 Å². The highest BCUT2D eigenvalue weighted by Crippen LogP contribution is 2.65. The first-order valence-electron chi connectivity index (χ1n) is 14.2. The van der Waals surface area contributed by atoms with Crippen molar-refractivity contribution in [2.45, 2.75) is 90.5 Å². The zero-order valence-electron chi connectivity index (χ0n) is 24.7. The van der Waals surface area contributed by atoms with E-state index in [9.17, 15) is 9.59 Å². The van der Waals surface area contributed by atoms with E-state index in [0.717, 1.165) is 24.0 Å². The minimum Gasteiger partial charge on any atom is -0.496 e. The van der Waals surface area contributed by atoms with Crippen LogP contribution in [0, 0.1) is 17.3 Å². The minimum atomic E-state index is -0.646. The number of carbonyl (C=O) groups excluding carboxylic acids is 2. The number of esters is 1. The highest BCUT2D eigenvalue weighted by molar-refractivity contribution is 6.48. The van der Waals surface area contributed by atoms with Crippen LogP contribution in [0.3, 0.4) is 0 Å². The number of aromatic nitrogens is 1. The molecule has 2 aromatic rings. The van der Waals surface area contributed by atoms with E-state index in [1.165, 1.54) is 7.11 Å². The van der Waals surface area contributed by atoms with Crippen LogP contribution >= 0.6 is 0 Å². The first kappa shape index (κ1) is 28.6. The first-order valence-corrected chi connectivity index (χ1v) is 14.2. The third-order valence-electron chi connectivity index (χ3n) is 9.12. The molecule has 0 radical (unpaired) electrons. The minimum absolute atomic E-state index is 0.0242. The van der Waals surface area contributed by atoms with Crippen molar-refractivity contribution in [2.75, 3.05) is 7.11 Å². The van der Waals surface area contributed by atoms with Crippen molar-refractivity contribution in [3.05, 3.63) is 59.4 Å². The molecular formula is C31H41BN2O6. The molecule has 1 aromatic carbocycles. The summed E-state index contributed by atoms with van der Waals surface area (Å²) in [5.74, 6) is 0.332. The molecule has 2 bridgehead atoms. The largest absolute Gasteiger partial charge is 0.496 e. The molecule has 1 saturated heterocycles. The Bertz CT molecular complexity index is 1260. The average Bonchev–Trinajstić information content (AvgIpc) is 3.25. The van der Waals surface area contributed by atoms with Crippen molar-refractivity contribution in [3.8, 4) is 5.75 Å². The van der Waals surface area contributed by atoms with Gasteiger partial charge in [-0.05, 0) is 93.5 Å². The molecule has 1 aromatic heterocycles. The van der Waals surface area contributed by atoms with Crippen LogP contribution in [0.15, 0.2) is 42.7 Å². The number of nitrogens with one attached hydrogen (secondary N) is 1. The van der Waals surface area contributed by atoms with Gasteiger partial charge in [0.2, 0.25) is 5.91 Å². The number of para-hydroxylation sites is 1. The highest BCUT2D eigenvalue weighted by Gasteiger charge is 2.68. The van der Waals surface area contributed by atoms with Crippen LogP contribution in [-0.4, -0.2) is 54.3 Å². The number of methoxy groups -OCH3 is 1. The van der Waals surface area contributed by atoms with Gasteiger partial charge in [-0.15, -0.1) is 0 Å². The second-order valence-electron chi connectivity index (χ2n) is 13.2. The first-order chi connectivity index (χ1) is 18.8. The van der Waals surface area contributed by atoms with E-state index in [2.05, 4.69) is 31.1 Å². The molecule has 5 atom stereocenters. The maximum atomic E-state index is 13.3. The maximum Gasteiger partial charge on any atom is 0.482 e. The summed E-state index contributed by atoms with van der Waals surface area (Å²) < 4.78 is 24.7. The van der Waals surface area contributed by atoms with Gasteiger partial charge in [0, 0.05) is 12.4 Å². The molecule has 9 heteroatoms. The van der Waals surface area contributed by atoms with E-state index in [1.54, 1.807) is 18.5 Å². The maximum absolute atomic E-state index is 13.3. The number of rotatable bonds is 8. The van der Waals surface area contributed by atoms with Crippen LogP contribution in [-0.2, 0) is 31.7 Å². The summed E-state index contributed by atoms with van der Waals surface area (Å²) in [6.45, 7) is 12.3. The van der Waals surface area contributed by atoms with Gasteiger partial charge < -0.3 is 24.1 Å². The number of nitrogens with zero attached hydrogens (tertiary/aromatic N) is 1. The van der Waals surface area contributed by atoms with Crippen molar-refractivity contribution >= 4 is 19.0 Å². The molecule has 4 aliphatic rings. The average molecular weight is 548 g/mol. The molecule has 214 valence electrons. The fourth-order valence-electron chi connectivity index (χ4n) is 6.95. The van der Waals surface area contributed by atoms with Gasteiger partial charge in [0.15, 0.2) is 0 Å². The smallest absolute Gasteiger partial charge is 0.482 e. The molecule has 1 amide bonds. The summed E-state index contributed by atoms with van der Waals surface area (Å²) in [6.07, 6.45) is 5.98. The lowest BCUT2D eigenvalue weighted by Crippen LogP contribution is -2.65. The van der Waals surface area contributed by atoms with E-state index in [4.69, 9.17) is 18.8 Å². The van der Waals surface area contributed by atoms with Crippen molar-refractivity contribution in [3.63, 3.8) is 0 Å². The van der Waals surface area contributed by atoms with E-state index >= 15 is 0 Å². The molecule has 3 aliphatic carbocycles. The normalized spacial score (nSPS) is 27.3. The molecule has 5 unspecified atom stereocenters. The molecule has 4 fully saturated rings. The van der Waals surface area contributed by atoms with Gasteiger partial charge >= 0.3 is 13.1 Å².